The van der Waals surface area contributed by atoms with E-state index in [9.17, 15) is 9.59 Å². The van der Waals surface area contributed by atoms with E-state index in [0.717, 1.165) is 5.70 Å². The van der Waals surface area contributed by atoms with Crippen molar-refractivity contribution in [3.8, 4) is 0 Å². The molecule has 6 heteroatoms. The van der Waals surface area contributed by atoms with E-state index >= 15 is 0 Å². The molecule has 0 aromatic carbocycles. The summed E-state index contributed by atoms with van der Waals surface area (Å²) in [5.74, 6) is 0.465. The van der Waals surface area contributed by atoms with Crippen LogP contribution in [0, 0.1) is 11.3 Å². The number of Topliss-reactive ketones (excluding diaryl/α,β-unsaturated/α-hetero) is 1. The molecule has 2 atom stereocenters. The highest BCUT2D eigenvalue weighted by Gasteiger charge is 2.31. The van der Waals surface area contributed by atoms with Gasteiger partial charge in [-0.15, -0.1) is 0 Å². The lowest BCUT2D eigenvalue weighted by atomic mass is 9.84. The number of amides is 2. The van der Waals surface area contributed by atoms with Gasteiger partial charge in [-0.2, -0.15) is 0 Å². The van der Waals surface area contributed by atoms with Crippen LogP contribution in [0.25, 0.3) is 0 Å². The van der Waals surface area contributed by atoms with E-state index in [4.69, 9.17) is 5.73 Å². The fourth-order valence-corrected chi connectivity index (χ4v) is 2.75. The van der Waals surface area contributed by atoms with E-state index in [2.05, 4.69) is 57.1 Å². The van der Waals surface area contributed by atoms with E-state index in [-0.39, 0.29) is 23.4 Å². The van der Waals surface area contributed by atoms with Crippen LogP contribution >= 0.6 is 0 Å². The Kier molecular flexibility index (Phi) is 9.35. The first-order valence-corrected chi connectivity index (χ1v) is 9.46. The molecule has 0 aromatic heterocycles. The second-order valence-corrected chi connectivity index (χ2v) is 9.39. The smallest absolute Gasteiger partial charge is 0.312 e. The van der Waals surface area contributed by atoms with Crippen molar-refractivity contribution < 1.29 is 9.59 Å². The van der Waals surface area contributed by atoms with Gasteiger partial charge in [-0.25, -0.2) is 4.79 Å². The SMILES string of the molecule is C=C(NC(CCCNC(N)=O)C(=O)C(C)(C)C)C(NC(C)(C)C)C(C)C. The second kappa shape index (κ2) is 9.95. The van der Waals surface area contributed by atoms with Crippen LogP contribution in [0.4, 0.5) is 4.79 Å². The summed E-state index contributed by atoms with van der Waals surface area (Å²) in [5, 5.41) is 9.51. The van der Waals surface area contributed by atoms with Gasteiger partial charge in [-0.3, -0.25) is 4.79 Å². The molecule has 0 radical (unpaired) electrons. The summed E-state index contributed by atoms with van der Waals surface area (Å²) in [4.78, 5) is 23.7. The zero-order valence-corrected chi connectivity index (χ0v) is 18.0. The van der Waals surface area contributed by atoms with Crippen LogP contribution in [0.3, 0.4) is 0 Å². The minimum absolute atomic E-state index is 0.0500. The number of carbonyl (C=O) groups excluding carboxylic acids is 2. The molecule has 0 aromatic rings. The van der Waals surface area contributed by atoms with Gasteiger partial charge in [0.1, 0.15) is 0 Å². The first-order chi connectivity index (χ1) is 11.6. The van der Waals surface area contributed by atoms with Gasteiger partial charge in [-0.05, 0) is 39.5 Å². The van der Waals surface area contributed by atoms with Crippen LogP contribution < -0.4 is 21.7 Å². The predicted molar refractivity (Wildman–Crippen MR) is 109 cm³/mol. The lowest BCUT2D eigenvalue weighted by molar-refractivity contribution is -0.128. The number of nitrogens with one attached hydrogen (secondary N) is 3. The summed E-state index contributed by atoms with van der Waals surface area (Å²) in [6, 6.07) is -0.843. The third kappa shape index (κ3) is 9.80. The second-order valence-electron chi connectivity index (χ2n) is 9.39. The number of rotatable bonds is 10. The highest BCUT2D eigenvalue weighted by Crippen LogP contribution is 2.21. The zero-order valence-electron chi connectivity index (χ0n) is 18.0. The monoisotopic (exact) mass is 368 g/mol. The Morgan fingerprint density at radius 3 is 2.00 bits per heavy atom. The van der Waals surface area contributed by atoms with Crippen LogP contribution in [-0.2, 0) is 4.79 Å². The fourth-order valence-electron chi connectivity index (χ4n) is 2.75. The molecule has 0 bridgehead atoms. The Morgan fingerprint density at radius 1 is 1.08 bits per heavy atom. The largest absolute Gasteiger partial charge is 0.378 e. The summed E-state index contributed by atoms with van der Waals surface area (Å²) in [6.07, 6.45) is 1.27. The van der Waals surface area contributed by atoms with E-state index in [1.807, 2.05) is 20.8 Å². The van der Waals surface area contributed by atoms with Crippen LogP contribution in [0.1, 0.15) is 68.2 Å². The van der Waals surface area contributed by atoms with Crippen molar-refractivity contribution in [1.29, 1.82) is 0 Å². The van der Waals surface area contributed by atoms with Crippen molar-refractivity contribution in [2.24, 2.45) is 17.1 Å². The number of primary amides is 1. The Hall–Kier alpha value is -1.56. The lowest BCUT2D eigenvalue weighted by Gasteiger charge is -2.35. The van der Waals surface area contributed by atoms with Crippen molar-refractivity contribution in [2.45, 2.75) is 85.9 Å². The maximum absolute atomic E-state index is 12.9. The van der Waals surface area contributed by atoms with Crippen molar-refractivity contribution in [3.05, 3.63) is 12.3 Å². The van der Waals surface area contributed by atoms with Crippen molar-refractivity contribution in [1.82, 2.24) is 16.0 Å². The predicted octanol–water partition coefficient (Wildman–Crippen LogP) is 2.93. The van der Waals surface area contributed by atoms with Crippen LogP contribution in [0.15, 0.2) is 12.3 Å². The van der Waals surface area contributed by atoms with E-state index in [1.54, 1.807) is 0 Å². The molecule has 0 saturated carbocycles. The minimum Gasteiger partial charge on any atom is -0.378 e. The summed E-state index contributed by atoms with van der Waals surface area (Å²) >= 11 is 0. The molecule has 0 aliphatic carbocycles. The number of carbonyl (C=O) groups is 2. The number of urea groups is 1. The quantitative estimate of drug-likeness (QED) is 0.446. The van der Waals surface area contributed by atoms with Crippen LogP contribution in [-0.4, -0.2) is 36.0 Å². The topological polar surface area (TPSA) is 96.2 Å². The molecule has 0 heterocycles. The molecule has 26 heavy (non-hydrogen) atoms. The summed E-state index contributed by atoms with van der Waals surface area (Å²) in [5.41, 5.74) is 5.40. The Balaban J connectivity index is 5.14. The highest BCUT2D eigenvalue weighted by atomic mass is 16.2. The van der Waals surface area contributed by atoms with Gasteiger partial charge in [0.05, 0.1) is 6.04 Å². The summed E-state index contributed by atoms with van der Waals surface area (Å²) in [6.45, 7) is 21.0. The Labute approximate surface area is 159 Å². The van der Waals surface area contributed by atoms with Crippen LogP contribution in [0.5, 0.6) is 0 Å². The van der Waals surface area contributed by atoms with Crippen LogP contribution in [0.2, 0.25) is 0 Å². The van der Waals surface area contributed by atoms with E-state index < -0.39 is 11.4 Å². The third-order valence-corrected chi connectivity index (χ3v) is 4.01. The average molecular weight is 369 g/mol. The first-order valence-electron chi connectivity index (χ1n) is 9.46. The fraction of sp³-hybridized carbons (Fsp3) is 0.800. The Morgan fingerprint density at radius 2 is 1.62 bits per heavy atom. The zero-order chi connectivity index (χ0) is 20.7. The van der Waals surface area contributed by atoms with Gasteiger partial charge >= 0.3 is 6.03 Å². The highest BCUT2D eigenvalue weighted by molar-refractivity contribution is 5.88. The lowest BCUT2D eigenvalue weighted by Crippen LogP contribution is -2.52. The molecule has 0 aliphatic heterocycles. The number of ketones is 1. The normalized spacial score (nSPS) is 14.7. The number of hydrogen-bond acceptors (Lipinski definition) is 4. The average Bonchev–Trinajstić information content (AvgIpc) is 2.44. The molecule has 2 unspecified atom stereocenters. The summed E-state index contributed by atoms with van der Waals surface area (Å²) in [7, 11) is 0. The number of hydrogen-bond donors (Lipinski definition) is 4. The molecule has 2 amide bonds. The maximum atomic E-state index is 12.9. The van der Waals surface area contributed by atoms with E-state index in [1.165, 1.54) is 0 Å². The Bertz CT molecular complexity index is 487. The van der Waals surface area contributed by atoms with Gasteiger partial charge in [0.25, 0.3) is 0 Å². The standard InChI is InChI=1S/C20H40N4O2/c1-13(2)16(24-20(7,8)9)14(3)23-15(17(25)19(4,5)6)11-10-12-22-18(21)26/h13,15-16,23-24H,3,10-12H2,1-2,4-9H3,(H3,21,22,26). The van der Waals surface area contributed by atoms with Gasteiger partial charge in [0.15, 0.2) is 5.78 Å². The minimum atomic E-state index is -0.546. The molecular formula is C20H40N4O2. The van der Waals surface area contributed by atoms with Gasteiger partial charge in [0.2, 0.25) is 0 Å². The molecule has 0 aliphatic rings. The van der Waals surface area contributed by atoms with E-state index in [0.29, 0.717) is 25.3 Å². The molecule has 0 fully saturated rings. The maximum Gasteiger partial charge on any atom is 0.312 e. The van der Waals surface area contributed by atoms with Gasteiger partial charge in [-0.1, -0.05) is 41.2 Å². The third-order valence-electron chi connectivity index (χ3n) is 4.01. The van der Waals surface area contributed by atoms with Gasteiger partial charge in [0, 0.05) is 29.2 Å². The molecule has 5 N–H and O–H groups in total. The van der Waals surface area contributed by atoms with Gasteiger partial charge < -0.3 is 21.7 Å². The molecule has 0 rings (SSSR count). The van der Waals surface area contributed by atoms with Crippen molar-refractivity contribution in [2.75, 3.05) is 6.54 Å². The molecule has 0 spiro atoms. The molecule has 0 saturated heterocycles. The first kappa shape index (κ1) is 24.4. The molecular weight excluding hydrogens is 328 g/mol. The van der Waals surface area contributed by atoms with Crippen molar-refractivity contribution >= 4 is 11.8 Å². The molecule has 152 valence electrons. The van der Waals surface area contributed by atoms with Crippen molar-refractivity contribution in [3.63, 3.8) is 0 Å². The molecule has 6 nitrogen and oxygen atoms in total. The number of nitrogens with two attached hydrogens (primary N) is 1. The summed E-state index contributed by atoms with van der Waals surface area (Å²) < 4.78 is 0.